The van der Waals surface area contributed by atoms with Crippen molar-refractivity contribution >= 4 is 35.8 Å². The fourth-order valence-corrected chi connectivity index (χ4v) is 2.21. The third-order valence-electron chi connectivity index (χ3n) is 3.76. The molecule has 0 aliphatic rings. The summed E-state index contributed by atoms with van der Waals surface area (Å²) in [6.07, 6.45) is 0. The van der Waals surface area contributed by atoms with Crippen LogP contribution in [0.1, 0.15) is 11.1 Å². The van der Waals surface area contributed by atoms with Gasteiger partial charge in [0.1, 0.15) is 5.75 Å². The predicted octanol–water partition coefficient (Wildman–Crippen LogP) is 2.64. The van der Waals surface area contributed by atoms with E-state index in [1.165, 1.54) is 0 Å². The van der Waals surface area contributed by atoms with Gasteiger partial charge in [0.25, 0.3) is 0 Å². The van der Waals surface area contributed by atoms with Crippen LogP contribution in [0.15, 0.2) is 59.6 Å². The van der Waals surface area contributed by atoms with Crippen LogP contribution < -0.4 is 15.4 Å². The molecule has 0 bridgehead atoms. The Morgan fingerprint density at radius 1 is 1.04 bits per heavy atom. The molecular formula is C20H27IN4O2. The third-order valence-corrected chi connectivity index (χ3v) is 3.76. The lowest BCUT2D eigenvalue weighted by atomic mass is 10.2. The average molecular weight is 482 g/mol. The van der Waals surface area contributed by atoms with Gasteiger partial charge >= 0.3 is 0 Å². The van der Waals surface area contributed by atoms with Gasteiger partial charge in [0.2, 0.25) is 5.91 Å². The van der Waals surface area contributed by atoms with E-state index < -0.39 is 0 Å². The first-order chi connectivity index (χ1) is 12.6. The number of halogens is 1. The third kappa shape index (κ3) is 8.29. The quantitative estimate of drug-likeness (QED) is 0.362. The van der Waals surface area contributed by atoms with E-state index in [9.17, 15) is 4.79 Å². The number of methoxy groups -OCH3 is 1. The van der Waals surface area contributed by atoms with Crippen LogP contribution in [0.25, 0.3) is 0 Å². The van der Waals surface area contributed by atoms with E-state index in [2.05, 4.69) is 15.6 Å². The van der Waals surface area contributed by atoms with Crippen molar-refractivity contribution in [3.05, 3.63) is 65.7 Å². The summed E-state index contributed by atoms with van der Waals surface area (Å²) in [5, 5.41) is 6.35. The second-order valence-electron chi connectivity index (χ2n) is 6.00. The Bertz CT molecular complexity index is 736. The topological polar surface area (TPSA) is 66.0 Å². The number of nitrogens with one attached hydrogen (secondary N) is 2. The number of nitrogens with zero attached hydrogens (tertiary/aromatic N) is 2. The highest BCUT2D eigenvalue weighted by Gasteiger charge is 2.06. The largest absolute Gasteiger partial charge is 0.497 e. The number of aliphatic imine (C=N–C) groups is 1. The molecule has 27 heavy (non-hydrogen) atoms. The van der Waals surface area contributed by atoms with Gasteiger partial charge in [-0.2, -0.15) is 0 Å². The maximum atomic E-state index is 11.8. The molecular weight excluding hydrogens is 455 g/mol. The zero-order valence-corrected chi connectivity index (χ0v) is 18.3. The van der Waals surface area contributed by atoms with Crippen LogP contribution in [0.3, 0.4) is 0 Å². The summed E-state index contributed by atoms with van der Waals surface area (Å²) in [4.78, 5) is 18.0. The van der Waals surface area contributed by atoms with Gasteiger partial charge in [-0.15, -0.1) is 24.0 Å². The maximum absolute atomic E-state index is 11.8. The zero-order valence-electron chi connectivity index (χ0n) is 15.9. The van der Waals surface area contributed by atoms with Crippen LogP contribution in [0.5, 0.6) is 5.75 Å². The molecule has 0 unspecified atom stereocenters. The van der Waals surface area contributed by atoms with E-state index >= 15 is 0 Å². The number of carbonyl (C=O) groups is 1. The fraction of sp³-hybridized carbons (Fsp3) is 0.300. The SMILES string of the molecule is COc1cccc(CN=C(NCC(=O)N(C)C)NCc2ccccc2)c1.I. The Labute approximate surface area is 178 Å². The molecule has 2 aromatic carbocycles. The van der Waals surface area contributed by atoms with Gasteiger partial charge in [-0.1, -0.05) is 42.5 Å². The molecule has 0 saturated carbocycles. The van der Waals surface area contributed by atoms with Gasteiger partial charge in [0.05, 0.1) is 20.2 Å². The van der Waals surface area contributed by atoms with Crippen molar-refractivity contribution in [2.24, 2.45) is 4.99 Å². The van der Waals surface area contributed by atoms with Crippen LogP contribution in [0.4, 0.5) is 0 Å². The van der Waals surface area contributed by atoms with Crippen LogP contribution in [-0.4, -0.2) is 44.5 Å². The second kappa shape index (κ2) is 12.2. The van der Waals surface area contributed by atoms with Crippen LogP contribution >= 0.6 is 24.0 Å². The molecule has 0 aliphatic carbocycles. The highest BCUT2D eigenvalue weighted by molar-refractivity contribution is 14.0. The number of amides is 1. The average Bonchev–Trinajstić information content (AvgIpc) is 2.68. The molecule has 2 rings (SSSR count). The van der Waals surface area contributed by atoms with E-state index in [-0.39, 0.29) is 36.4 Å². The van der Waals surface area contributed by atoms with Gasteiger partial charge in [0.15, 0.2) is 5.96 Å². The van der Waals surface area contributed by atoms with Gasteiger partial charge in [-0.3, -0.25) is 4.79 Å². The predicted molar refractivity (Wildman–Crippen MR) is 120 cm³/mol. The monoisotopic (exact) mass is 482 g/mol. The number of guanidine groups is 1. The number of rotatable bonds is 7. The molecule has 0 heterocycles. The second-order valence-corrected chi connectivity index (χ2v) is 6.00. The Balaban J connectivity index is 0.00000364. The molecule has 6 nitrogen and oxygen atoms in total. The van der Waals surface area contributed by atoms with Crippen LogP contribution in [-0.2, 0) is 17.9 Å². The first-order valence-corrected chi connectivity index (χ1v) is 8.47. The normalized spacial score (nSPS) is 10.6. The first-order valence-electron chi connectivity index (χ1n) is 8.47. The molecule has 0 aromatic heterocycles. The van der Waals surface area contributed by atoms with E-state index in [4.69, 9.17) is 4.74 Å². The molecule has 0 spiro atoms. The Kier molecular flexibility index (Phi) is 10.2. The maximum Gasteiger partial charge on any atom is 0.241 e. The highest BCUT2D eigenvalue weighted by atomic mass is 127. The number of carbonyl (C=O) groups excluding carboxylic acids is 1. The van der Waals surface area contributed by atoms with Crippen molar-refractivity contribution in [2.75, 3.05) is 27.7 Å². The lowest BCUT2D eigenvalue weighted by Crippen LogP contribution is -2.42. The van der Waals surface area contributed by atoms with Gasteiger partial charge in [0, 0.05) is 20.6 Å². The number of benzene rings is 2. The minimum Gasteiger partial charge on any atom is -0.497 e. The van der Waals surface area contributed by atoms with Crippen molar-refractivity contribution in [1.82, 2.24) is 15.5 Å². The van der Waals surface area contributed by atoms with Gasteiger partial charge in [-0.05, 0) is 23.3 Å². The summed E-state index contributed by atoms with van der Waals surface area (Å²) in [7, 11) is 5.10. The van der Waals surface area contributed by atoms with Crippen molar-refractivity contribution in [3.63, 3.8) is 0 Å². The molecule has 0 atom stereocenters. The molecule has 0 fully saturated rings. The Hall–Kier alpha value is -2.29. The van der Waals surface area contributed by atoms with Crippen LogP contribution in [0, 0.1) is 0 Å². The number of likely N-dealkylation sites (N-methyl/N-ethyl adjacent to an activating group) is 1. The van der Waals surface area contributed by atoms with Crippen molar-refractivity contribution in [3.8, 4) is 5.75 Å². The summed E-state index contributed by atoms with van der Waals surface area (Å²) < 4.78 is 5.24. The summed E-state index contributed by atoms with van der Waals surface area (Å²) in [5.41, 5.74) is 2.17. The molecule has 0 radical (unpaired) electrons. The van der Waals surface area contributed by atoms with Crippen molar-refractivity contribution < 1.29 is 9.53 Å². The number of ether oxygens (including phenoxy) is 1. The molecule has 7 heteroatoms. The Morgan fingerprint density at radius 3 is 2.41 bits per heavy atom. The van der Waals surface area contributed by atoms with Crippen molar-refractivity contribution in [1.29, 1.82) is 0 Å². The smallest absolute Gasteiger partial charge is 0.241 e. The minimum atomic E-state index is -0.0133. The van der Waals surface area contributed by atoms with Gasteiger partial charge in [-0.25, -0.2) is 4.99 Å². The molecule has 2 N–H and O–H groups in total. The molecule has 146 valence electrons. The summed E-state index contributed by atoms with van der Waals surface area (Å²) in [6, 6.07) is 17.8. The number of hydrogen-bond acceptors (Lipinski definition) is 3. The standard InChI is InChI=1S/C20H26N4O2.HI/c1-24(2)19(25)15-23-20(21-13-16-8-5-4-6-9-16)22-14-17-10-7-11-18(12-17)26-3;/h4-12H,13-15H2,1-3H3,(H2,21,22,23);1H. The lowest BCUT2D eigenvalue weighted by molar-refractivity contribution is -0.127. The van der Waals surface area contributed by atoms with E-state index in [0.717, 1.165) is 16.9 Å². The van der Waals surface area contributed by atoms with E-state index in [1.54, 1.807) is 26.1 Å². The summed E-state index contributed by atoms with van der Waals surface area (Å²) >= 11 is 0. The molecule has 0 aliphatic heterocycles. The zero-order chi connectivity index (χ0) is 18.8. The molecule has 1 amide bonds. The molecule has 2 aromatic rings. The highest BCUT2D eigenvalue weighted by Crippen LogP contribution is 2.13. The Morgan fingerprint density at radius 2 is 1.74 bits per heavy atom. The van der Waals surface area contributed by atoms with E-state index in [1.807, 2.05) is 54.6 Å². The first kappa shape index (κ1) is 22.8. The van der Waals surface area contributed by atoms with Gasteiger partial charge < -0.3 is 20.3 Å². The van der Waals surface area contributed by atoms with E-state index in [0.29, 0.717) is 19.0 Å². The lowest BCUT2D eigenvalue weighted by Gasteiger charge is -2.15. The van der Waals surface area contributed by atoms with Crippen LogP contribution in [0.2, 0.25) is 0 Å². The number of hydrogen-bond donors (Lipinski definition) is 2. The van der Waals surface area contributed by atoms with Crippen molar-refractivity contribution in [2.45, 2.75) is 13.1 Å². The summed E-state index contributed by atoms with van der Waals surface area (Å²) in [6.45, 7) is 1.30. The fourth-order valence-electron chi connectivity index (χ4n) is 2.21. The minimum absolute atomic E-state index is 0. The molecule has 0 saturated heterocycles. The summed E-state index contributed by atoms with van der Waals surface area (Å²) in [5.74, 6) is 1.37.